The van der Waals surface area contributed by atoms with Crippen LogP contribution in [0.3, 0.4) is 0 Å². The molecule has 2 aromatic rings. The number of hydrogen-bond donors (Lipinski definition) is 2. The highest BCUT2D eigenvalue weighted by Crippen LogP contribution is 2.59. The van der Waals surface area contributed by atoms with Crippen LogP contribution in [-0.4, -0.2) is 16.2 Å². The Kier molecular flexibility index (Phi) is 4.32. The Morgan fingerprint density at radius 1 is 1.26 bits per heavy atom. The lowest BCUT2D eigenvalue weighted by Gasteiger charge is -2.54. The Morgan fingerprint density at radius 3 is 2.63 bits per heavy atom. The Morgan fingerprint density at radius 2 is 1.96 bits per heavy atom. The second-order valence-electron chi connectivity index (χ2n) is 8.84. The first-order chi connectivity index (χ1) is 12.8. The first-order valence-corrected chi connectivity index (χ1v) is 10.1. The van der Waals surface area contributed by atoms with Crippen LogP contribution in [0.25, 0.3) is 11.1 Å². The van der Waals surface area contributed by atoms with Gasteiger partial charge in [0.2, 0.25) is 0 Å². The molecule has 0 bridgehead atoms. The van der Waals surface area contributed by atoms with Gasteiger partial charge in [-0.15, -0.1) is 0 Å². The van der Waals surface area contributed by atoms with Crippen molar-refractivity contribution in [3.63, 3.8) is 0 Å². The molecule has 1 saturated carbocycles. The van der Waals surface area contributed by atoms with Gasteiger partial charge in [-0.1, -0.05) is 39.8 Å². The monoisotopic (exact) mass is 367 g/mol. The van der Waals surface area contributed by atoms with Gasteiger partial charge in [-0.25, -0.2) is 0 Å². The van der Waals surface area contributed by atoms with Gasteiger partial charge in [-0.2, -0.15) is 0 Å². The van der Waals surface area contributed by atoms with Crippen LogP contribution in [0.5, 0.6) is 11.5 Å². The number of benzene rings is 1. The van der Waals surface area contributed by atoms with Crippen LogP contribution < -0.4 is 10.3 Å². The molecule has 4 heteroatoms. The predicted molar refractivity (Wildman–Crippen MR) is 107 cm³/mol. The molecule has 0 spiro atoms. The first-order valence-electron chi connectivity index (χ1n) is 10.1. The minimum atomic E-state index is -0.0284. The van der Waals surface area contributed by atoms with Crippen molar-refractivity contribution in [2.24, 2.45) is 17.3 Å². The molecule has 1 aliphatic carbocycles. The summed E-state index contributed by atoms with van der Waals surface area (Å²) in [4.78, 5) is 15.9. The highest BCUT2D eigenvalue weighted by Gasteiger charge is 2.54. The van der Waals surface area contributed by atoms with Gasteiger partial charge in [0.25, 0.3) is 5.56 Å². The van der Waals surface area contributed by atoms with Crippen LogP contribution >= 0.6 is 0 Å². The fourth-order valence-corrected chi connectivity index (χ4v) is 5.95. The number of aromatic amines is 1. The van der Waals surface area contributed by atoms with Crippen molar-refractivity contribution in [3.8, 4) is 22.6 Å². The zero-order valence-electron chi connectivity index (χ0n) is 16.6. The maximum Gasteiger partial charge on any atom is 0.255 e. The van der Waals surface area contributed by atoms with Crippen molar-refractivity contribution < 1.29 is 9.84 Å². The quantitative estimate of drug-likeness (QED) is 0.778. The van der Waals surface area contributed by atoms with Gasteiger partial charge < -0.3 is 14.8 Å². The van der Waals surface area contributed by atoms with Gasteiger partial charge in [0.05, 0.1) is 5.56 Å². The third-order valence-corrected chi connectivity index (χ3v) is 6.78. The fraction of sp³-hybridized carbons (Fsp3) is 0.522. The summed E-state index contributed by atoms with van der Waals surface area (Å²) in [6.45, 7) is 9.09. The summed E-state index contributed by atoms with van der Waals surface area (Å²) in [5.74, 6) is 2.24. The summed E-state index contributed by atoms with van der Waals surface area (Å²) < 4.78 is 6.56. The molecule has 0 unspecified atom stereocenters. The lowest BCUT2D eigenvalue weighted by Crippen LogP contribution is -2.52. The van der Waals surface area contributed by atoms with Crippen molar-refractivity contribution >= 4 is 0 Å². The third-order valence-electron chi connectivity index (χ3n) is 6.78. The Hall–Kier alpha value is -2.23. The number of aromatic hydroxyl groups is 1. The summed E-state index contributed by atoms with van der Waals surface area (Å²) in [6, 6.07) is 7.07. The normalized spacial score (nSPS) is 32.3. The number of hydrogen-bond acceptors (Lipinski definition) is 3. The number of ether oxygens (including phenoxy) is 1. The number of fused-ring (bicyclic) bond motifs is 3. The molecule has 144 valence electrons. The van der Waals surface area contributed by atoms with Crippen LogP contribution in [-0.2, 0) is 0 Å². The first kappa shape index (κ1) is 18.1. The van der Waals surface area contributed by atoms with Gasteiger partial charge in [-0.3, -0.25) is 4.79 Å². The molecule has 5 atom stereocenters. The maximum atomic E-state index is 12.9. The Bertz CT molecular complexity index is 901. The van der Waals surface area contributed by atoms with E-state index in [1.807, 2.05) is 12.1 Å². The van der Waals surface area contributed by atoms with Gasteiger partial charge in [0, 0.05) is 23.1 Å². The van der Waals surface area contributed by atoms with Crippen molar-refractivity contribution in [1.82, 2.24) is 4.98 Å². The Balaban J connectivity index is 1.94. The molecule has 4 nitrogen and oxygen atoms in total. The molecular formula is C23H29NO3. The van der Waals surface area contributed by atoms with E-state index in [0.717, 1.165) is 41.7 Å². The number of rotatable bonds is 2. The molecule has 1 aliphatic heterocycles. The van der Waals surface area contributed by atoms with Gasteiger partial charge in [0.1, 0.15) is 17.6 Å². The summed E-state index contributed by atoms with van der Waals surface area (Å²) in [5, 5.41) is 9.62. The Labute approximate surface area is 160 Å². The minimum Gasteiger partial charge on any atom is -0.508 e. The van der Waals surface area contributed by atoms with Crippen molar-refractivity contribution in [3.05, 3.63) is 46.4 Å². The van der Waals surface area contributed by atoms with E-state index in [2.05, 4.69) is 32.7 Å². The van der Waals surface area contributed by atoms with Gasteiger partial charge in [0.15, 0.2) is 0 Å². The van der Waals surface area contributed by atoms with E-state index < -0.39 is 0 Å². The summed E-state index contributed by atoms with van der Waals surface area (Å²) in [6.07, 6.45) is 4.99. The molecule has 0 radical (unpaired) electrons. The molecule has 1 aromatic heterocycles. The molecule has 2 N–H and O–H groups in total. The molecule has 2 aliphatic rings. The average molecular weight is 367 g/mol. The van der Waals surface area contributed by atoms with Gasteiger partial charge in [-0.05, 0) is 48.8 Å². The smallest absolute Gasteiger partial charge is 0.255 e. The third kappa shape index (κ3) is 2.77. The van der Waals surface area contributed by atoms with E-state index in [9.17, 15) is 9.90 Å². The second-order valence-corrected chi connectivity index (χ2v) is 8.84. The van der Waals surface area contributed by atoms with Crippen LogP contribution in [0.4, 0.5) is 0 Å². The summed E-state index contributed by atoms with van der Waals surface area (Å²) >= 11 is 0. The molecule has 1 fully saturated rings. The van der Waals surface area contributed by atoms with Crippen LogP contribution in [0.1, 0.15) is 58.4 Å². The van der Waals surface area contributed by atoms with Gasteiger partial charge >= 0.3 is 0 Å². The second kappa shape index (κ2) is 6.43. The van der Waals surface area contributed by atoms with Crippen LogP contribution in [0, 0.1) is 17.3 Å². The largest absolute Gasteiger partial charge is 0.508 e. The fourth-order valence-electron chi connectivity index (χ4n) is 5.95. The number of pyridine rings is 1. The summed E-state index contributed by atoms with van der Waals surface area (Å²) in [5.41, 5.74) is 2.60. The molecule has 1 aromatic carbocycles. The summed E-state index contributed by atoms with van der Waals surface area (Å²) in [7, 11) is 0. The maximum absolute atomic E-state index is 12.9. The van der Waals surface area contributed by atoms with E-state index in [1.165, 1.54) is 0 Å². The SMILES string of the molecule is CC[C@@H]1Oc2c(-c3ccc(O)cc3)c[nH]c(=O)c2[C@@H]2[C@@H](C)C[C@@H](C)C[C@@]12C. The highest BCUT2D eigenvalue weighted by atomic mass is 16.5. The zero-order valence-corrected chi connectivity index (χ0v) is 16.6. The lowest BCUT2D eigenvalue weighted by atomic mass is 9.54. The van der Waals surface area contributed by atoms with E-state index in [-0.39, 0.29) is 28.7 Å². The van der Waals surface area contributed by atoms with E-state index in [1.54, 1.807) is 18.3 Å². The number of phenols is 1. The molecule has 2 heterocycles. The standard InChI is InChI=1S/C23H29NO3/c1-5-18-23(4)11-13(2)10-14(3)20(23)19-21(27-18)17(12-24-22(19)26)15-6-8-16(25)9-7-15/h6-9,12-14,18,20,25H,5,10-11H2,1-4H3,(H,24,26)/t13-,14+,18+,20+,23+/m1/s1. The van der Waals surface area contributed by atoms with Crippen LogP contribution in [0.15, 0.2) is 35.3 Å². The van der Waals surface area contributed by atoms with E-state index >= 15 is 0 Å². The predicted octanol–water partition coefficient (Wildman–Crippen LogP) is 5.07. The lowest BCUT2D eigenvalue weighted by molar-refractivity contribution is -0.0459. The van der Waals surface area contributed by atoms with Crippen LogP contribution in [0.2, 0.25) is 0 Å². The molecule has 27 heavy (non-hydrogen) atoms. The van der Waals surface area contributed by atoms with Crippen molar-refractivity contribution in [1.29, 1.82) is 0 Å². The number of aromatic nitrogens is 1. The number of H-pyrrole nitrogens is 1. The zero-order chi connectivity index (χ0) is 19.3. The molecule has 0 saturated heterocycles. The van der Waals surface area contributed by atoms with Crippen molar-refractivity contribution in [2.45, 2.75) is 59.0 Å². The van der Waals surface area contributed by atoms with Crippen molar-refractivity contribution in [2.75, 3.05) is 0 Å². The molecular weight excluding hydrogens is 338 g/mol. The minimum absolute atomic E-state index is 0.0280. The molecule has 4 rings (SSSR count). The number of phenolic OH excluding ortho intramolecular Hbond substituents is 1. The van der Waals surface area contributed by atoms with E-state index in [0.29, 0.717) is 11.8 Å². The molecule has 0 amide bonds. The topological polar surface area (TPSA) is 62.3 Å². The number of nitrogens with one attached hydrogen (secondary N) is 1. The highest BCUT2D eigenvalue weighted by molar-refractivity contribution is 5.72. The van der Waals surface area contributed by atoms with E-state index in [4.69, 9.17) is 4.74 Å². The average Bonchev–Trinajstić information content (AvgIpc) is 2.61.